The maximum atomic E-state index is 13.7. The first-order chi connectivity index (χ1) is 8.91. The van der Waals surface area contributed by atoms with Gasteiger partial charge in [0.25, 0.3) is 0 Å². The Morgan fingerprint density at radius 2 is 1.68 bits per heavy atom. The molecule has 0 amide bonds. The number of halogens is 5. The minimum atomic E-state index is -1.50. The molecule has 1 nitrogen and oxygen atoms in total. The molecule has 1 atom stereocenters. The highest BCUT2D eigenvalue weighted by Crippen LogP contribution is 2.29. The SMILES string of the molecule is NC(c1cc(Br)ccc1I)c1ccc(F)c(F)c1F. The van der Waals surface area contributed by atoms with E-state index in [0.717, 1.165) is 20.2 Å². The van der Waals surface area contributed by atoms with Crippen molar-refractivity contribution < 1.29 is 13.2 Å². The minimum absolute atomic E-state index is 0.0742. The Labute approximate surface area is 130 Å². The molecule has 1 unspecified atom stereocenters. The van der Waals surface area contributed by atoms with E-state index in [9.17, 15) is 13.2 Å². The fourth-order valence-electron chi connectivity index (χ4n) is 1.70. The molecule has 0 saturated heterocycles. The van der Waals surface area contributed by atoms with Crippen LogP contribution in [0, 0.1) is 21.0 Å². The molecular weight excluding hydrogens is 434 g/mol. The third-order valence-corrected chi connectivity index (χ3v) is 4.17. The van der Waals surface area contributed by atoms with Gasteiger partial charge in [0.15, 0.2) is 17.5 Å². The first kappa shape index (κ1) is 14.8. The van der Waals surface area contributed by atoms with Crippen molar-refractivity contribution in [2.24, 2.45) is 5.73 Å². The van der Waals surface area contributed by atoms with E-state index in [1.165, 1.54) is 0 Å². The van der Waals surface area contributed by atoms with Gasteiger partial charge in [0.1, 0.15) is 0 Å². The van der Waals surface area contributed by atoms with E-state index in [1.54, 1.807) is 12.1 Å². The van der Waals surface area contributed by atoms with Gasteiger partial charge in [0.2, 0.25) is 0 Å². The number of benzene rings is 2. The molecule has 0 aliphatic heterocycles. The highest BCUT2D eigenvalue weighted by atomic mass is 127. The van der Waals surface area contributed by atoms with E-state index in [-0.39, 0.29) is 5.56 Å². The summed E-state index contributed by atoms with van der Waals surface area (Å²) in [7, 11) is 0. The summed E-state index contributed by atoms with van der Waals surface area (Å²) in [5, 5.41) is 0. The summed E-state index contributed by atoms with van der Waals surface area (Å²) in [5.41, 5.74) is 6.52. The minimum Gasteiger partial charge on any atom is -0.320 e. The molecule has 2 aromatic rings. The molecular formula is C13H8BrF3IN. The van der Waals surface area contributed by atoms with Gasteiger partial charge < -0.3 is 5.73 Å². The molecule has 0 aliphatic carbocycles. The second kappa shape index (κ2) is 5.80. The zero-order valence-electron chi connectivity index (χ0n) is 9.43. The van der Waals surface area contributed by atoms with Crippen LogP contribution in [-0.4, -0.2) is 0 Å². The van der Waals surface area contributed by atoms with Crippen LogP contribution >= 0.6 is 38.5 Å². The van der Waals surface area contributed by atoms with Crippen molar-refractivity contribution >= 4 is 38.5 Å². The summed E-state index contributed by atoms with van der Waals surface area (Å²) < 4.78 is 41.5. The third-order valence-electron chi connectivity index (χ3n) is 2.69. The highest BCUT2D eigenvalue weighted by Gasteiger charge is 2.21. The number of nitrogens with two attached hydrogens (primary N) is 1. The quantitative estimate of drug-likeness (QED) is 0.538. The first-order valence-electron chi connectivity index (χ1n) is 5.25. The second-order valence-corrected chi connectivity index (χ2v) is 5.99. The summed E-state index contributed by atoms with van der Waals surface area (Å²) in [6.45, 7) is 0. The van der Waals surface area contributed by atoms with Crippen molar-refractivity contribution in [3.05, 3.63) is 67.0 Å². The van der Waals surface area contributed by atoms with Crippen molar-refractivity contribution in [2.45, 2.75) is 6.04 Å². The Balaban J connectivity index is 2.53. The lowest BCUT2D eigenvalue weighted by Crippen LogP contribution is -2.16. The Morgan fingerprint density at radius 3 is 2.37 bits per heavy atom. The maximum Gasteiger partial charge on any atom is 0.194 e. The van der Waals surface area contributed by atoms with Crippen LogP contribution in [0.3, 0.4) is 0 Å². The van der Waals surface area contributed by atoms with Gasteiger partial charge in [0.05, 0.1) is 6.04 Å². The van der Waals surface area contributed by atoms with Gasteiger partial charge in [-0.05, 0) is 52.4 Å². The smallest absolute Gasteiger partial charge is 0.194 e. The summed E-state index contributed by atoms with van der Waals surface area (Å²) in [5.74, 6) is -3.97. The maximum absolute atomic E-state index is 13.7. The fraction of sp³-hybridized carbons (Fsp3) is 0.0769. The molecule has 0 bridgehead atoms. The van der Waals surface area contributed by atoms with Crippen molar-refractivity contribution in [1.82, 2.24) is 0 Å². The van der Waals surface area contributed by atoms with Crippen LogP contribution in [-0.2, 0) is 0 Å². The van der Waals surface area contributed by atoms with Crippen LogP contribution in [0.5, 0.6) is 0 Å². The third kappa shape index (κ3) is 2.95. The molecule has 2 aromatic carbocycles. The first-order valence-corrected chi connectivity index (χ1v) is 7.13. The lowest BCUT2D eigenvalue weighted by atomic mass is 9.99. The van der Waals surface area contributed by atoms with Crippen LogP contribution in [0.25, 0.3) is 0 Å². The van der Waals surface area contributed by atoms with Gasteiger partial charge in [-0.3, -0.25) is 0 Å². The van der Waals surface area contributed by atoms with Crippen LogP contribution in [0.15, 0.2) is 34.8 Å². The summed E-state index contributed by atoms with van der Waals surface area (Å²) in [4.78, 5) is 0. The van der Waals surface area contributed by atoms with Crippen molar-refractivity contribution in [3.8, 4) is 0 Å². The molecule has 6 heteroatoms. The van der Waals surface area contributed by atoms with Crippen molar-refractivity contribution in [1.29, 1.82) is 0 Å². The summed E-state index contributed by atoms with van der Waals surface area (Å²) in [6.07, 6.45) is 0. The van der Waals surface area contributed by atoms with Crippen molar-refractivity contribution in [3.63, 3.8) is 0 Å². The van der Waals surface area contributed by atoms with Gasteiger partial charge in [-0.1, -0.05) is 22.0 Å². The predicted octanol–water partition coefficient (Wildman–Crippen LogP) is 4.52. The van der Waals surface area contributed by atoms with Crippen molar-refractivity contribution in [2.75, 3.05) is 0 Å². The largest absolute Gasteiger partial charge is 0.320 e. The highest BCUT2D eigenvalue weighted by molar-refractivity contribution is 14.1. The van der Waals surface area contributed by atoms with Crippen LogP contribution in [0.2, 0.25) is 0 Å². The molecule has 0 spiro atoms. The standard InChI is InChI=1S/C13H8BrF3IN/c14-6-1-4-10(18)8(5-6)13(19)7-2-3-9(15)12(17)11(7)16/h1-5,13H,19H2. The molecule has 100 valence electrons. The molecule has 0 aromatic heterocycles. The molecule has 19 heavy (non-hydrogen) atoms. The van der Waals surface area contributed by atoms with Gasteiger partial charge in [-0.2, -0.15) is 0 Å². The van der Waals surface area contributed by atoms with Gasteiger partial charge >= 0.3 is 0 Å². The second-order valence-electron chi connectivity index (χ2n) is 3.91. The molecule has 0 aliphatic rings. The number of rotatable bonds is 2. The van der Waals surface area contributed by atoms with Gasteiger partial charge in [-0.15, -0.1) is 0 Å². The van der Waals surface area contributed by atoms with E-state index < -0.39 is 23.5 Å². The Morgan fingerprint density at radius 1 is 1.00 bits per heavy atom. The lowest BCUT2D eigenvalue weighted by molar-refractivity contribution is 0.438. The lowest BCUT2D eigenvalue weighted by Gasteiger charge is -2.16. The van der Waals surface area contributed by atoms with E-state index in [4.69, 9.17) is 5.73 Å². The van der Waals surface area contributed by atoms with E-state index in [2.05, 4.69) is 38.5 Å². The Bertz CT molecular complexity index is 634. The molecule has 0 heterocycles. The zero-order chi connectivity index (χ0) is 14.2. The molecule has 2 N–H and O–H groups in total. The normalized spacial score (nSPS) is 12.5. The monoisotopic (exact) mass is 441 g/mol. The summed E-state index contributed by atoms with van der Waals surface area (Å²) in [6, 6.07) is 6.53. The predicted molar refractivity (Wildman–Crippen MR) is 79.2 cm³/mol. The summed E-state index contributed by atoms with van der Waals surface area (Å²) >= 11 is 5.35. The number of hydrogen-bond donors (Lipinski definition) is 1. The topological polar surface area (TPSA) is 26.0 Å². The fourth-order valence-corrected chi connectivity index (χ4v) is 2.75. The van der Waals surface area contributed by atoms with Gasteiger partial charge in [0, 0.05) is 13.6 Å². The van der Waals surface area contributed by atoms with Crippen LogP contribution in [0.1, 0.15) is 17.2 Å². The Hall–Kier alpha value is -0.600. The molecule has 0 radical (unpaired) electrons. The Kier molecular flexibility index (Phi) is 4.52. The van der Waals surface area contributed by atoms with Crippen LogP contribution in [0.4, 0.5) is 13.2 Å². The van der Waals surface area contributed by atoms with E-state index >= 15 is 0 Å². The average molecular weight is 442 g/mol. The van der Waals surface area contributed by atoms with Gasteiger partial charge in [-0.25, -0.2) is 13.2 Å². The zero-order valence-corrected chi connectivity index (χ0v) is 13.2. The molecule has 0 fully saturated rings. The molecule has 2 rings (SSSR count). The van der Waals surface area contributed by atoms with Crippen LogP contribution < -0.4 is 5.73 Å². The van der Waals surface area contributed by atoms with E-state index in [0.29, 0.717) is 5.56 Å². The average Bonchev–Trinajstić information content (AvgIpc) is 2.38. The van der Waals surface area contributed by atoms with E-state index in [1.807, 2.05) is 6.07 Å². The molecule has 0 saturated carbocycles. The number of hydrogen-bond acceptors (Lipinski definition) is 1.